The van der Waals surface area contributed by atoms with Gasteiger partial charge in [-0.2, -0.15) is 0 Å². The molecule has 3 rings (SSSR count). The summed E-state index contributed by atoms with van der Waals surface area (Å²) >= 11 is 0. The van der Waals surface area contributed by atoms with Crippen molar-refractivity contribution in [1.82, 2.24) is 15.5 Å². The van der Waals surface area contributed by atoms with Gasteiger partial charge >= 0.3 is 0 Å². The van der Waals surface area contributed by atoms with Crippen molar-refractivity contribution in [3.63, 3.8) is 0 Å². The fourth-order valence-corrected chi connectivity index (χ4v) is 3.56. The first kappa shape index (κ1) is 25.0. The summed E-state index contributed by atoms with van der Waals surface area (Å²) in [5.74, 6) is 2.22. The van der Waals surface area contributed by atoms with E-state index < -0.39 is 0 Å². The number of hydrogen-bond donors (Lipinski definition) is 2. The molecule has 1 atom stereocenters. The highest BCUT2D eigenvalue weighted by Gasteiger charge is 2.29. The molecule has 7 heteroatoms. The zero-order chi connectivity index (χ0) is 21.0. The maximum Gasteiger partial charge on any atom is 0.223 e. The molecule has 0 spiro atoms. The number of amides is 1. The van der Waals surface area contributed by atoms with Crippen LogP contribution in [0.3, 0.4) is 0 Å². The van der Waals surface area contributed by atoms with Gasteiger partial charge in [0.05, 0.1) is 6.61 Å². The van der Waals surface area contributed by atoms with E-state index in [4.69, 9.17) is 4.74 Å². The Morgan fingerprint density at radius 2 is 1.81 bits per heavy atom. The van der Waals surface area contributed by atoms with Crippen LogP contribution in [-0.2, 0) is 11.2 Å². The molecule has 1 aliphatic rings. The van der Waals surface area contributed by atoms with Crippen LogP contribution in [0.15, 0.2) is 65.7 Å². The van der Waals surface area contributed by atoms with Gasteiger partial charge in [-0.05, 0) is 30.5 Å². The first-order chi connectivity index (χ1) is 14.7. The Labute approximate surface area is 202 Å². The molecule has 0 radical (unpaired) electrons. The second-order valence-corrected chi connectivity index (χ2v) is 7.54. The van der Waals surface area contributed by atoms with Gasteiger partial charge in [0.15, 0.2) is 5.96 Å². The summed E-state index contributed by atoms with van der Waals surface area (Å²) in [6, 6.07) is 20.2. The molecule has 0 saturated carbocycles. The number of guanidine groups is 1. The maximum absolute atomic E-state index is 12.3. The number of halogens is 1. The second-order valence-electron chi connectivity index (χ2n) is 7.54. The van der Waals surface area contributed by atoms with Crippen LogP contribution in [0.1, 0.15) is 18.4 Å². The predicted molar refractivity (Wildman–Crippen MR) is 136 cm³/mol. The molecule has 0 aromatic heterocycles. The lowest BCUT2D eigenvalue weighted by Gasteiger charge is -2.18. The van der Waals surface area contributed by atoms with Crippen molar-refractivity contribution >= 4 is 35.8 Å². The van der Waals surface area contributed by atoms with E-state index in [1.807, 2.05) is 53.4 Å². The highest BCUT2D eigenvalue weighted by Crippen LogP contribution is 2.17. The molecule has 0 aliphatic carbocycles. The van der Waals surface area contributed by atoms with Gasteiger partial charge in [0.2, 0.25) is 5.91 Å². The van der Waals surface area contributed by atoms with E-state index in [2.05, 4.69) is 27.8 Å². The summed E-state index contributed by atoms with van der Waals surface area (Å²) in [6.07, 6.45) is 2.38. The minimum atomic E-state index is 0. The topological polar surface area (TPSA) is 66.0 Å². The van der Waals surface area contributed by atoms with E-state index in [9.17, 15) is 4.79 Å². The summed E-state index contributed by atoms with van der Waals surface area (Å²) in [7, 11) is 1.77. The fourth-order valence-electron chi connectivity index (χ4n) is 3.56. The Morgan fingerprint density at radius 1 is 1.10 bits per heavy atom. The lowest BCUT2D eigenvalue weighted by Crippen LogP contribution is -2.41. The van der Waals surface area contributed by atoms with Crippen LogP contribution >= 0.6 is 24.0 Å². The van der Waals surface area contributed by atoms with Gasteiger partial charge in [-0.25, -0.2) is 0 Å². The molecule has 2 N–H and O–H groups in total. The van der Waals surface area contributed by atoms with Crippen LogP contribution in [0.4, 0.5) is 0 Å². The van der Waals surface area contributed by atoms with E-state index in [1.54, 1.807) is 7.05 Å². The number of aliphatic imine (C=N–C) groups is 1. The molecule has 2 aromatic carbocycles. The van der Waals surface area contributed by atoms with Crippen molar-refractivity contribution in [3.05, 3.63) is 66.2 Å². The number of rotatable bonds is 10. The van der Waals surface area contributed by atoms with Crippen molar-refractivity contribution in [2.45, 2.75) is 19.3 Å². The molecule has 1 saturated heterocycles. The molecular formula is C24H33IN4O2. The van der Waals surface area contributed by atoms with Gasteiger partial charge < -0.3 is 20.3 Å². The zero-order valence-corrected chi connectivity index (χ0v) is 20.5. The van der Waals surface area contributed by atoms with Gasteiger partial charge in [-0.3, -0.25) is 9.79 Å². The monoisotopic (exact) mass is 536 g/mol. The van der Waals surface area contributed by atoms with Crippen molar-refractivity contribution in [2.75, 3.05) is 39.8 Å². The lowest BCUT2D eigenvalue weighted by atomic mass is 10.1. The molecule has 6 nitrogen and oxygen atoms in total. The third-order valence-corrected chi connectivity index (χ3v) is 5.22. The summed E-state index contributed by atoms with van der Waals surface area (Å²) in [5.41, 5.74) is 1.27. The Morgan fingerprint density at radius 3 is 2.52 bits per heavy atom. The largest absolute Gasteiger partial charge is 0.494 e. The summed E-state index contributed by atoms with van der Waals surface area (Å²) < 4.78 is 5.70. The molecule has 0 bridgehead atoms. The number of ether oxygens (including phenoxy) is 1. The molecule has 1 unspecified atom stereocenters. The van der Waals surface area contributed by atoms with Gasteiger partial charge in [-0.15, -0.1) is 24.0 Å². The first-order valence-electron chi connectivity index (χ1n) is 10.7. The Kier molecular flexibility index (Phi) is 11.2. The smallest absolute Gasteiger partial charge is 0.223 e. The third kappa shape index (κ3) is 8.77. The fraction of sp³-hybridized carbons (Fsp3) is 0.417. The van der Waals surface area contributed by atoms with Crippen molar-refractivity contribution in [2.24, 2.45) is 10.9 Å². The normalized spacial score (nSPS) is 16.0. The summed E-state index contributed by atoms with van der Waals surface area (Å²) in [6.45, 7) is 3.77. The van der Waals surface area contributed by atoms with E-state index in [0.29, 0.717) is 18.9 Å². The second kappa shape index (κ2) is 13.9. The van der Waals surface area contributed by atoms with Crippen molar-refractivity contribution < 1.29 is 9.53 Å². The summed E-state index contributed by atoms with van der Waals surface area (Å²) in [5, 5.41) is 6.66. The highest BCUT2D eigenvalue weighted by molar-refractivity contribution is 14.0. The number of carbonyl (C=O) groups is 1. The number of nitrogens with zero attached hydrogens (tertiary/aromatic N) is 2. The van der Waals surface area contributed by atoms with Gasteiger partial charge in [0, 0.05) is 45.6 Å². The first-order valence-corrected chi connectivity index (χ1v) is 10.7. The summed E-state index contributed by atoms with van der Waals surface area (Å²) in [4.78, 5) is 18.6. The molecular weight excluding hydrogens is 503 g/mol. The zero-order valence-electron chi connectivity index (χ0n) is 18.1. The van der Waals surface area contributed by atoms with Crippen LogP contribution in [0.25, 0.3) is 0 Å². The number of para-hydroxylation sites is 1. The number of carbonyl (C=O) groups excluding carboxylic acids is 1. The SMILES string of the molecule is CN=C(NCCCOc1ccccc1)NCC1CC(=O)N(CCc2ccccc2)C1.I. The number of hydrogen-bond acceptors (Lipinski definition) is 3. The van der Waals surface area contributed by atoms with Crippen molar-refractivity contribution in [1.29, 1.82) is 0 Å². The van der Waals surface area contributed by atoms with Gasteiger partial charge in [0.1, 0.15) is 5.75 Å². The average molecular weight is 536 g/mol. The average Bonchev–Trinajstić information content (AvgIpc) is 3.15. The Bertz CT molecular complexity index is 802. The van der Waals surface area contributed by atoms with E-state index in [1.165, 1.54) is 5.56 Å². The minimum Gasteiger partial charge on any atom is -0.494 e. The molecule has 1 aliphatic heterocycles. The molecule has 1 heterocycles. The Hall–Kier alpha value is -2.29. The van der Waals surface area contributed by atoms with Gasteiger partial charge in [-0.1, -0.05) is 48.5 Å². The number of benzene rings is 2. The molecule has 31 heavy (non-hydrogen) atoms. The lowest BCUT2D eigenvalue weighted by molar-refractivity contribution is -0.127. The molecule has 168 valence electrons. The maximum atomic E-state index is 12.3. The predicted octanol–water partition coefficient (Wildman–Crippen LogP) is 3.33. The van der Waals surface area contributed by atoms with E-state index in [0.717, 1.165) is 50.7 Å². The van der Waals surface area contributed by atoms with Crippen LogP contribution in [0.2, 0.25) is 0 Å². The quantitative estimate of drug-likeness (QED) is 0.212. The standard InChI is InChI=1S/C24H32N4O2.HI/c1-25-24(26-14-8-16-30-22-11-6-3-7-12-22)27-18-21-17-23(29)28(19-21)15-13-20-9-4-2-5-10-20;/h2-7,9-12,21H,8,13-19H2,1H3,(H2,25,26,27);1H. The molecule has 1 amide bonds. The van der Waals surface area contributed by atoms with Crippen LogP contribution < -0.4 is 15.4 Å². The van der Waals surface area contributed by atoms with Crippen LogP contribution in [-0.4, -0.2) is 56.6 Å². The van der Waals surface area contributed by atoms with Crippen molar-refractivity contribution in [3.8, 4) is 5.75 Å². The van der Waals surface area contributed by atoms with Crippen LogP contribution in [0.5, 0.6) is 5.75 Å². The van der Waals surface area contributed by atoms with Gasteiger partial charge in [0.25, 0.3) is 0 Å². The third-order valence-electron chi connectivity index (χ3n) is 5.22. The van der Waals surface area contributed by atoms with E-state index >= 15 is 0 Å². The van der Waals surface area contributed by atoms with Crippen LogP contribution in [0, 0.1) is 5.92 Å². The molecule has 1 fully saturated rings. The number of likely N-dealkylation sites (tertiary alicyclic amines) is 1. The minimum absolute atomic E-state index is 0. The molecule has 2 aromatic rings. The van der Waals surface area contributed by atoms with E-state index in [-0.39, 0.29) is 29.9 Å². The highest BCUT2D eigenvalue weighted by atomic mass is 127. The Balaban J connectivity index is 0.00000341. The number of nitrogens with one attached hydrogen (secondary N) is 2.